The molecule has 1 fully saturated rings. The van der Waals surface area contributed by atoms with Gasteiger partial charge in [-0.2, -0.15) is 11.3 Å². The van der Waals surface area contributed by atoms with Crippen LogP contribution in [-0.4, -0.2) is 37.7 Å². The number of rotatable bonds is 6. The molecular formula is C18H21NO3S. The Hall–Kier alpha value is -1.85. The van der Waals surface area contributed by atoms with Crippen LogP contribution in [0.3, 0.4) is 0 Å². The number of carbonyl (C=O) groups is 1. The maximum absolute atomic E-state index is 11.4. The third kappa shape index (κ3) is 3.92. The molecule has 2 heterocycles. The maximum Gasteiger partial charge on any atom is 0.337 e. The van der Waals surface area contributed by atoms with Gasteiger partial charge in [-0.15, -0.1) is 0 Å². The summed E-state index contributed by atoms with van der Waals surface area (Å²) >= 11 is 1.76. The Morgan fingerprint density at radius 2 is 2.13 bits per heavy atom. The molecule has 5 heteroatoms. The van der Waals surface area contributed by atoms with Crippen molar-refractivity contribution in [3.8, 4) is 5.75 Å². The largest absolute Gasteiger partial charge is 0.492 e. The van der Waals surface area contributed by atoms with Gasteiger partial charge < -0.3 is 9.47 Å². The van der Waals surface area contributed by atoms with Crippen LogP contribution < -0.4 is 4.74 Å². The van der Waals surface area contributed by atoms with Crippen molar-refractivity contribution in [2.75, 3.05) is 26.8 Å². The molecule has 0 N–H and O–H groups in total. The van der Waals surface area contributed by atoms with Gasteiger partial charge in [-0.3, -0.25) is 4.90 Å². The topological polar surface area (TPSA) is 38.8 Å². The minimum absolute atomic E-state index is 0.327. The van der Waals surface area contributed by atoms with Gasteiger partial charge in [-0.1, -0.05) is 0 Å². The lowest BCUT2D eigenvalue weighted by atomic mass is 10.1. The predicted molar refractivity (Wildman–Crippen MR) is 91.1 cm³/mol. The first kappa shape index (κ1) is 16.0. The average Bonchev–Trinajstić information content (AvgIpc) is 3.25. The zero-order chi connectivity index (χ0) is 16.1. The summed E-state index contributed by atoms with van der Waals surface area (Å²) in [5, 5.41) is 4.39. The maximum atomic E-state index is 11.4. The van der Waals surface area contributed by atoms with Crippen LogP contribution in [0.2, 0.25) is 0 Å². The molecule has 0 bridgehead atoms. The molecule has 0 unspecified atom stereocenters. The van der Waals surface area contributed by atoms with Gasteiger partial charge in [0.2, 0.25) is 0 Å². The van der Waals surface area contributed by atoms with Crippen molar-refractivity contribution in [3.05, 3.63) is 52.2 Å². The van der Waals surface area contributed by atoms with Crippen molar-refractivity contribution >= 4 is 17.3 Å². The first-order chi connectivity index (χ1) is 11.3. The first-order valence-corrected chi connectivity index (χ1v) is 8.79. The van der Waals surface area contributed by atoms with Gasteiger partial charge in [-0.05, 0) is 66.0 Å². The van der Waals surface area contributed by atoms with Crippen LogP contribution in [0, 0.1) is 0 Å². The van der Waals surface area contributed by atoms with Crippen LogP contribution in [0.15, 0.2) is 41.1 Å². The lowest BCUT2D eigenvalue weighted by Crippen LogP contribution is -2.27. The highest BCUT2D eigenvalue weighted by atomic mass is 32.1. The fraction of sp³-hybridized carbons (Fsp3) is 0.389. The molecule has 1 aromatic carbocycles. The molecule has 1 aromatic heterocycles. The van der Waals surface area contributed by atoms with Crippen molar-refractivity contribution in [3.63, 3.8) is 0 Å². The van der Waals surface area contributed by atoms with Gasteiger partial charge in [0.15, 0.2) is 0 Å². The molecule has 1 aliphatic rings. The molecule has 1 aliphatic heterocycles. The van der Waals surface area contributed by atoms with Gasteiger partial charge in [0, 0.05) is 12.6 Å². The highest BCUT2D eigenvalue weighted by Crippen LogP contribution is 2.32. The van der Waals surface area contributed by atoms with E-state index in [0.29, 0.717) is 18.2 Å². The monoisotopic (exact) mass is 331 g/mol. The van der Waals surface area contributed by atoms with E-state index in [2.05, 4.69) is 26.5 Å². The molecule has 122 valence electrons. The van der Waals surface area contributed by atoms with Crippen LogP contribution in [0.4, 0.5) is 0 Å². The van der Waals surface area contributed by atoms with Gasteiger partial charge in [0.25, 0.3) is 0 Å². The average molecular weight is 331 g/mol. The number of hydrogen-bond donors (Lipinski definition) is 0. The Balaban J connectivity index is 1.50. The zero-order valence-corrected chi connectivity index (χ0v) is 14.1. The molecule has 0 spiro atoms. The van der Waals surface area contributed by atoms with Gasteiger partial charge in [-0.25, -0.2) is 4.79 Å². The van der Waals surface area contributed by atoms with Crippen LogP contribution in [-0.2, 0) is 4.74 Å². The Morgan fingerprint density at radius 3 is 2.83 bits per heavy atom. The molecule has 4 nitrogen and oxygen atoms in total. The second-order valence-corrected chi connectivity index (χ2v) is 6.40. The van der Waals surface area contributed by atoms with E-state index >= 15 is 0 Å². The summed E-state index contributed by atoms with van der Waals surface area (Å²) in [5.41, 5.74) is 1.96. The quantitative estimate of drug-likeness (QED) is 0.756. The molecule has 0 aliphatic carbocycles. The predicted octanol–water partition coefficient (Wildman–Crippen LogP) is 3.75. The summed E-state index contributed by atoms with van der Waals surface area (Å²) in [6, 6.07) is 9.84. The fourth-order valence-electron chi connectivity index (χ4n) is 3.02. The van der Waals surface area contributed by atoms with E-state index < -0.39 is 0 Å². The van der Waals surface area contributed by atoms with Crippen molar-refractivity contribution in [1.82, 2.24) is 4.90 Å². The number of thiophene rings is 1. The van der Waals surface area contributed by atoms with E-state index in [4.69, 9.17) is 4.74 Å². The summed E-state index contributed by atoms with van der Waals surface area (Å²) in [6.07, 6.45) is 2.47. The van der Waals surface area contributed by atoms with Crippen LogP contribution in [0.25, 0.3) is 0 Å². The van der Waals surface area contributed by atoms with Crippen molar-refractivity contribution in [1.29, 1.82) is 0 Å². The number of ether oxygens (including phenoxy) is 2. The van der Waals surface area contributed by atoms with E-state index in [9.17, 15) is 4.79 Å². The highest BCUT2D eigenvalue weighted by molar-refractivity contribution is 7.07. The molecule has 3 rings (SSSR count). The van der Waals surface area contributed by atoms with E-state index in [1.54, 1.807) is 23.5 Å². The summed E-state index contributed by atoms with van der Waals surface area (Å²) in [7, 11) is 1.38. The normalized spacial score (nSPS) is 18.0. The first-order valence-electron chi connectivity index (χ1n) is 7.85. The lowest BCUT2D eigenvalue weighted by molar-refractivity contribution is 0.0600. The highest BCUT2D eigenvalue weighted by Gasteiger charge is 2.25. The second-order valence-electron chi connectivity index (χ2n) is 5.62. The van der Waals surface area contributed by atoms with Crippen molar-refractivity contribution in [2.24, 2.45) is 0 Å². The molecule has 1 saturated heterocycles. The minimum atomic E-state index is -0.327. The SMILES string of the molecule is COC(=O)c1ccc(OCCN2CCC[C@@H]2c2ccsc2)cc1. The number of carbonyl (C=O) groups excluding carboxylic acids is 1. The van der Waals surface area contributed by atoms with E-state index in [-0.39, 0.29) is 5.97 Å². The van der Waals surface area contributed by atoms with Gasteiger partial charge in [0.1, 0.15) is 12.4 Å². The van der Waals surface area contributed by atoms with Gasteiger partial charge in [0.05, 0.1) is 12.7 Å². The zero-order valence-electron chi connectivity index (χ0n) is 13.2. The van der Waals surface area contributed by atoms with E-state index in [1.165, 1.54) is 25.5 Å². The summed E-state index contributed by atoms with van der Waals surface area (Å²) in [6.45, 7) is 2.70. The third-order valence-corrected chi connectivity index (χ3v) is 4.92. The number of likely N-dealkylation sites (tertiary alicyclic amines) is 1. The van der Waals surface area contributed by atoms with Crippen LogP contribution in [0.1, 0.15) is 34.8 Å². The van der Waals surface area contributed by atoms with E-state index in [1.807, 2.05) is 12.1 Å². The number of benzene rings is 1. The number of methoxy groups -OCH3 is 1. The number of hydrogen-bond acceptors (Lipinski definition) is 5. The Bertz CT molecular complexity index is 624. The molecular weight excluding hydrogens is 310 g/mol. The molecule has 0 saturated carbocycles. The molecule has 1 atom stereocenters. The van der Waals surface area contributed by atoms with Crippen molar-refractivity contribution < 1.29 is 14.3 Å². The lowest BCUT2D eigenvalue weighted by Gasteiger charge is -2.23. The number of nitrogens with zero attached hydrogens (tertiary/aromatic N) is 1. The van der Waals surface area contributed by atoms with Crippen LogP contribution in [0.5, 0.6) is 5.75 Å². The van der Waals surface area contributed by atoms with E-state index in [0.717, 1.165) is 18.8 Å². The Kier molecular flexibility index (Phi) is 5.31. The Morgan fingerprint density at radius 1 is 1.30 bits per heavy atom. The number of esters is 1. The van der Waals surface area contributed by atoms with Crippen LogP contribution >= 0.6 is 11.3 Å². The summed E-state index contributed by atoms with van der Waals surface area (Å²) < 4.78 is 10.5. The summed E-state index contributed by atoms with van der Waals surface area (Å²) in [4.78, 5) is 13.9. The molecule has 0 radical (unpaired) electrons. The molecule has 0 amide bonds. The van der Waals surface area contributed by atoms with Crippen molar-refractivity contribution in [2.45, 2.75) is 18.9 Å². The summed E-state index contributed by atoms with van der Waals surface area (Å²) in [5.74, 6) is 0.455. The smallest absolute Gasteiger partial charge is 0.337 e. The fourth-order valence-corrected chi connectivity index (χ4v) is 3.73. The second kappa shape index (κ2) is 7.62. The molecule has 23 heavy (non-hydrogen) atoms. The molecule has 2 aromatic rings. The standard InChI is InChI=1S/C18H21NO3S/c1-21-18(20)14-4-6-16(7-5-14)22-11-10-19-9-2-3-17(19)15-8-12-23-13-15/h4-8,12-13,17H,2-3,9-11H2,1H3/t17-/m1/s1. The Labute approximate surface area is 140 Å². The minimum Gasteiger partial charge on any atom is -0.492 e. The third-order valence-electron chi connectivity index (χ3n) is 4.21. The van der Waals surface area contributed by atoms with Gasteiger partial charge >= 0.3 is 5.97 Å².